The highest BCUT2D eigenvalue weighted by Gasteiger charge is 2.39. The lowest BCUT2D eigenvalue weighted by atomic mass is 9.80. The van der Waals surface area contributed by atoms with Crippen molar-refractivity contribution < 1.29 is 4.42 Å². The van der Waals surface area contributed by atoms with Crippen LogP contribution >= 0.6 is 22.7 Å². The lowest BCUT2D eigenvalue weighted by molar-refractivity contribution is 0.629. The van der Waals surface area contributed by atoms with Crippen molar-refractivity contribution in [3.63, 3.8) is 0 Å². The summed E-state index contributed by atoms with van der Waals surface area (Å²) in [6.07, 6.45) is 19.5. The summed E-state index contributed by atoms with van der Waals surface area (Å²) in [6, 6.07) is 46.7. The molecule has 11 rings (SSSR count). The van der Waals surface area contributed by atoms with Crippen molar-refractivity contribution >= 4 is 103 Å². The number of thiophene rings is 2. The number of rotatable bonds is 8. The monoisotopic (exact) mass is 781 g/mol. The van der Waals surface area contributed by atoms with E-state index in [1.54, 1.807) is 6.08 Å². The summed E-state index contributed by atoms with van der Waals surface area (Å²) in [5.74, 6) is 0.0329. The van der Waals surface area contributed by atoms with Gasteiger partial charge in [-0.15, -0.1) is 22.7 Å². The van der Waals surface area contributed by atoms with Gasteiger partial charge in [-0.2, -0.15) is 0 Å². The molecule has 2 nitrogen and oxygen atoms in total. The summed E-state index contributed by atoms with van der Waals surface area (Å²) < 4.78 is 10.8. The molecule has 2 unspecified atom stereocenters. The van der Waals surface area contributed by atoms with Gasteiger partial charge in [-0.05, 0) is 83.0 Å². The average molecular weight is 782 g/mol. The molecule has 4 heteroatoms. The molecule has 0 radical (unpaired) electrons. The number of para-hydroxylation sites is 1. The highest BCUT2D eigenvalue weighted by atomic mass is 32.1. The molecule has 0 saturated carbocycles. The van der Waals surface area contributed by atoms with Gasteiger partial charge in [-0.3, -0.25) is 0 Å². The highest BCUT2D eigenvalue weighted by molar-refractivity contribution is 7.26. The summed E-state index contributed by atoms with van der Waals surface area (Å²) >= 11 is 3.80. The Labute approximate surface area is 346 Å². The number of hydrogen-bond donors (Lipinski definition) is 0. The van der Waals surface area contributed by atoms with Crippen LogP contribution in [0, 0.1) is 0 Å². The minimum Gasteiger partial charge on any atom is -0.455 e. The van der Waals surface area contributed by atoms with Crippen molar-refractivity contribution in [1.82, 2.24) is 0 Å². The van der Waals surface area contributed by atoms with Crippen molar-refractivity contribution in [2.75, 3.05) is 4.90 Å². The molecule has 3 heterocycles. The highest BCUT2D eigenvalue weighted by Crippen LogP contribution is 2.56. The molecule has 0 spiro atoms. The molecule has 0 saturated heterocycles. The van der Waals surface area contributed by atoms with Crippen molar-refractivity contribution in [3.8, 4) is 0 Å². The van der Waals surface area contributed by atoms with Crippen LogP contribution in [-0.4, -0.2) is 0 Å². The van der Waals surface area contributed by atoms with E-state index in [-0.39, 0.29) is 12.0 Å². The van der Waals surface area contributed by atoms with Crippen LogP contribution in [0.15, 0.2) is 188 Å². The van der Waals surface area contributed by atoms with Gasteiger partial charge in [0.2, 0.25) is 0 Å². The molecule has 0 aliphatic heterocycles. The number of furan rings is 1. The van der Waals surface area contributed by atoms with Gasteiger partial charge in [0.25, 0.3) is 0 Å². The van der Waals surface area contributed by atoms with E-state index < -0.39 is 0 Å². The first-order valence-corrected chi connectivity index (χ1v) is 21.6. The van der Waals surface area contributed by atoms with Crippen molar-refractivity contribution in [1.29, 1.82) is 0 Å². The van der Waals surface area contributed by atoms with E-state index in [0.29, 0.717) is 0 Å². The van der Waals surface area contributed by atoms with Crippen LogP contribution in [0.4, 0.5) is 11.4 Å². The van der Waals surface area contributed by atoms with Crippen LogP contribution in [-0.2, 0) is 0 Å². The molecule has 58 heavy (non-hydrogen) atoms. The molecule has 3 aromatic heterocycles. The van der Waals surface area contributed by atoms with Crippen molar-refractivity contribution in [3.05, 3.63) is 210 Å². The van der Waals surface area contributed by atoms with Crippen LogP contribution in [0.5, 0.6) is 0 Å². The smallest absolute Gasteiger partial charge is 0.145 e. The maximum absolute atomic E-state index is 6.89. The second-order valence-electron chi connectivity index (χ2n) is 15.1. The van der Waals surface area contributed by atoms with Crippen molar-refractivity contribution in [2.24, 2.45) is 0 Å². The molecular formula is C54H39NOS2. The van der Waals surface area contributed by atoms with Gasteiger partial charge in [-0.25, -0.2) is 0 Å². The van der Waals surface area contributed by atoms with Gasteiger partial charge in [0.1, 0.15) is 11.2 Å². The maximum atomic E-state index is 6.89. The SMILES string of the molecule is C=C/C=C\C(=C)c1ccc(N(c2cccc3sc4ccccc4c23)C2c3c(sc4c(C5=CC=CCC5)cccc34)C=CC2c2ccccc2)c2c1oc1ccccc12. The fourth-order valence-corrected chi connectivity index (χ4v) is 11.8. The predicted molar refractivity (Wildman–Crippen MR) is 253 cm³/mol. The Bertz CT molecular complexity index is 3240. The normalized spacial score (nSPS) is 16.5. The van der Waals surface area contributed by atoms with E-state index >= 15 is 0 Å². The summed E-state index contributed by atoms with van der Waals surface area (Å²) in [6.45, 7) is 8.43. The molecule has 2 aliphatic carbocycles. The molecule has 6 aromatic carbocycles. The summed E-state index contributed by atoms with van der Waals surface area (Å²) in [5, 5.41) is 6.03. The van der Waals surface area contributed by atoms with Gasteiger partial charge in [-0.1, -0.05) is 147 Å². The summed E-state index contributed by atoms with van der Waals surface area (Å²) in [4.78, 5) is 3.99. The third-order valence-corrected chi connectivity index (χ3v) is 14.2. The molecule has 2 aliphatic rings. The average Bonchev–Trinajstić information content (AvgIpc) is 3.98. The first-order chi connectivity index (χ1) is 28.7. The van der Waals surface area contributed by atoms with Crippen LogP contribution in [0.3, 0.4) is 0 Å². The van der Waals surface area contributed by atoms with Gasteiger partial charge < -0.3 is 9.32 Å². The van der Waals surface area contributed by atoms with Crippen LogP contribution in [0.2, 0.25) is 0 Å². The number of benzene rings is 6. The summed E-state index contributed by atoms with van der Waals surface area (Å²) in [7, 11) is 0. The molecule has 0 fully saturated rings. The molecule has 0 N–H and O–H groups in total. The Morgan fingerprint density at radius 3 is 2.38 bits per heavy atom. The first-order valence-electron chi connectivity index (χ1n) is 19.9. The van der Waals surface area contributed by atoms with Crippen molar-refractivity contribution in [2.45, 2.75) is 24.8 Å². The Hall–Kier alpha value is -6.46. The topological polar surface area (TPSA) is 16.4 Å². The van der Waals surface area contributed by atoms with E-state index in [4.69, 9.17) is 4.42 Å². The standard InChI is InChI=1S/C54H39NOS2/c1-3-4-17-34(2)37-30-32-44(50-40-22-11-13-27-45(40)56-53(37)50)55(43-26-16-29-47-49(43)41-23-12-14-28-46(41)57-47)52-38(35-18-7-5-8-19-35)31-33-48-51(52)42-25-15-24-39(54(42)58-48)36-20-9-6-10-21-36/h3-9,11-20,22-33,38,52H,1-2,10,21H2/b17-4-. The third-order valence-electron chi connectivity index (χ3n) is 11.9. The number of allylic oxidation sites excluding steroid dienone is 8. The Morgan fingerprint density at radius 1 is 0.741 bits per heavy atom. The zero-order valence-electron chi connectivity index (χ0n) is 31.9. The van der Waals surface area contributed by atoms with E-state index in [1.807, 2.05) is 34.8 Å². The molecule has 2 atom stereocenters. The molecule has 0 bridgehead atoms. The maximum Gasteiger partial charge on any atom is 0.145 e. The second kappa shape index (κ2) is 14.2. The van der Waals surface area contributed by atoms with Gasteiger partial charge in [0.05, 0.1) is 22.8 Å². The second-order valence-corrected chi connectivity index (χ2v) is 17.3. The number of nitrogens with zero attached hydrogens (tertiary/aromatic N) is 1. The Kier molecular flexibility index (Phi) is 8.50. The number of fused-ring (bicyclic) bond motifs is 9. The molecule has 0 amide bonds. The molecule has 9 aromatic rings. The quantitative estimate of drug-likeness (QED) is 0.143. The van der Waals surface area contributed by atoms with Crippen LogP contribution in [0.25, 0.3) is 69.4 Å². The predicted octanol–water partition coefficient (Wildman–Crippen LogP) is 16.3. The van der Waals surface area contributed by atoms with Crippen LogP contribution in [0.1, 0.15) is 51.9 Å². The number of anilines is 2. The lowest BCUT2D eigenvalue weighted by Crippen LogP contribution is -2.30. The molecule has 278 valence electrons. The van der Waals surface area contributed by atoms with E-state index in [1.165, 1.54) is 63.1 Å². The van der Waals surface area contributed by atoms with E-state index in [9.17, 15) is 0 Å². The molecular weight excluding hydrogens is 743 g/mol. The summed E-state index contributed by atoms with van der Waals surface area (Å²) in [5.41, 5.74) is 11.2. The zero-order chi connectivity index (χ0) is 38.7. The lowest BCUT2D eigenvalue weighted by Gasteiger charge is -2.41. The van der Waals surface area contributed by atoms with E-state index in [0.717, 1.165) is 51.6 Å². The fraction of sp³-hybridized carbons (Fsp3) is 0.0741. The van der Waals surface area contributed by atoms with Gasteiger partial charge in [0, 0.05) is 52.2 Å². The van der Waals surface area contributed by atoms with Gasteiger partial charge in [0.15, 0.2) is 0 Å². The minimum atomic E-state index is -0.109. The number of hydrogen-bond acceptors (Lipinski definition) is 4. The zero-order valence-corrected chi connectivity index (χ0v) is 33.5. The Balaban J connectivity index is 1.28. The fourth-order valence-electron chi connectivity index (χ4n) is 9.32. The minimum absolute atomic E-state index is 0.0329. The van der Waals surface area contributed by atoms with Gasteiger partial charge >= 0.3 is 0 Å². The van der Waals surface area contributed by atoms with E-state index in [2.05, 4.69) is 176 Å². The first kappa shape index (κ1) is 34.8. The Morgan fingerprint density at radius 2 is 1.52 bits per heavy atom. The largest absolute Gasteiger partial charge is 0.455 e. The van der Waals surface area contributed by atoms with Crippen LogP contribution < -0.4 is 4.90 Å². The third kappa shape index (κ3) is 5.51.